The van der Waals surface area contributed by atoms with Crippen molar-refractivity contribution < 1.29 is 4.42 Å². The molecule has 11 aromatic rings. The van der Waals surface area contributed by atoms with E-state index < -0.39 is 0 Å². The summed E-state index contributed by atoms with van der Waals surface area (Å²) in [5.41, 5.74) is 10.3. The van der Waals surface area contributed by atoms with Crippen LogP contribution >= 0.6 is 11.3 Å². The second-order valence-corrected chi connectivity index (χ2v) is 14.4. The summed E-state index contributed by atoms with van der Waals surface area (Å²) in [6, 6.07) is 57.7. The molecule has 7 aromatic carbocycles. The van der Waals surface area contributed by atoms with E-state index in [1.54, 1.807) is 11.3 Å². The van der Waals surface area contributed by atoms with E-state index in [0.29, 0.717) is 28.9 Å². The van der Waals surface area contributed by atoms with E-state index in [1.165, 1.54) is 15.5 Å². The lowest BCUT2D eigenvalue weighted by molar-refractivity contribution is 0.620. The fourth-order valence-electron chi connectivity index (χ4n) is 7.28. The molecule has 0 unspecified atom stereocenters. The molecule has 0 atom stereocenters. The molecular formula is C47H28N6OS. The molecule has 0 aliphatic carbocycles. The molecular weight excluding hydrogens is 697 g/mol. The summed E-state index contributed by atoms with van der Waals surface area (Å²) in [5, 5.41) is 3.38. The average Bonchev–Trinajstić information content (AvgIpc) is 3.98. The Morgan fingerprint density at radius 2 is 1.07 bits per heavy atom. The summed E-state index contributed by atoms with van der Waals surface area (Å²) >= 11 is 1.72. The van der Waals surface area contributed by atoms with Gasteiger partial charge in [-0.05, 0) is 72.8 Å². The van der Waals surface area contributed by atoms with Crippen LogP contribution in [0.2, 0.25) is 0 Å². The molecule has 55 heavy (non-hydrogen) atoms. The van der Waals surface area contributed by atoms with Gasteiger partial charge in [0.25, 0.3) is 0 Å². The molecule has 0 saturated heterocycles. The Hall–Kier alpha value is -7.29. The summed E-state index contributed by atoms with van der Waals surface area (Å²) in [5.74, 6) is 2.32. The number of aromatic nitrogens is 6. The predicted octanol–water partition coefficient (Wildman–Crippen LogP) is 12.1. The minimum Gasteiger partial charge on any atom is -0.436 e. The highest BCUT2D eigenvalue weighted by Gasteiger charge is 2.18. The SMILES string of the molecule is c1ccc(-c2nc(-c3ccccc3)nc(-c3ccc4nc(-c5cccc(-n6c7ccccc7c7cc(-c8nc9ccccc9s8)ccc76)c5)oc4c3)n2)cc1. The molecule has 258 valence electrons. The molecule has 7 nitrogen and oxygen atoms in total. The highest BCUT2D eigenvalue weighted by Crippen LogP contribution is 2.38. The molecule has 0 bridgehead atoms. The Labute approximate surface area is 318 Å². The molecule has 4 aromatic heterocycles. The number of fused-ring (bicyclic) bond motifs is 5. The third-order valence-corrected chi connectivity index (χ3v) is 11.0. The Morgan fingerprint density at radius 3 is 1.85 bits per heavy atom. The van der Waals surface area contributed by atoms with E-state index in [-0.39, 0.29) is 0 Å². The summed E-state index contributed by atoms with van der Waals surface area (Å²) in [6.07, 6.45) is 0. The lowest BCUT2D eigenvalue weighted by Gasteiger charge is -2.09. The smallest absolute Gasteiger partial charge is 0.227 e. The maximum atomic E-state index is 6.49. The maximum absolute atomic E-state index is 6.49. The maximum Gasteiger partial charge on any atom is 0.227 e. The van der Waals surface area contributed by atoms with Gasteiger partial charge in [-0.1, -0.05) is 97.1 Å². The fraction of sp³-hybridized carbons (Fsp3) is 0. The van der Waals surface area contributed by atoms with Crippen LogP contribution < -0.4 is 0 Å². The molecule has 0 aliphatic rings. The predicted molar refractivity (Wildman–Crippen MR) is 222 cm³/mol. The largest absolute Gasteiger partial charge is 0.436 e. The molecule has 0 fully saturated rings. The van der Waals surface area contributed by atoms with Crippen LogP contribution in [0.25, 0.3) is 105 Å². The van der Waals surface area contributed by atoms with Crippen LogP contribution in [0.3, 0.4) is 0 Å². The second-order valence-electron chi connectivity index (χ2n) is 13.4. The van der Waals surface area contributed by atoms with Crippen molar-refractivity contribution in [3.05, 3.63) is 170 Å². The Balaban J connectivity index is 0.985. The summed E-state index contributed by atoms with van der Waals surface area (Å²) in [6.45, 7) is 0. The number of benzene rings is 7. The number of hydrogen-bond acceptors (Lipinski definition) is 7. The van der Waals surface area contributed by atoms with Gasteiger partial charge in [-0.15, -0.1) is 11.3 Å². The zero-order valence-electron chi connectivity index (χ0n) is 29.2. The summed E-state index contributed by atoms with van der Waals surface area (Å²) in [4.78, 5) is 24.5. The molecule has 11 rings (SSSR count). The zero-order valence-corrected chi connectivity index (χ0v) is 30.0. The van der Waals surface area contributed by atoms with E-state index in [0.717, 1.165) is 60.6 Å². The van der Waals surface area contributed by atoms with Gasteiger partial charge in [-0.2, -0.15) is 0 Å². The van der Waals surface area contributed by atoms with E-state index >= 15 is 0 Å². The topological polar surface area (TPSA) is 82.5 Å². The first-order valence-corrected chi connectivity index (χ1v) is 18.8. The first-order chi connectivity index (χ1) is 27.2. The van der Waals surface area contributed by atoms with Crippen molar-refractivity contribution in [3.63, 3.8) is 0 Å². The van der Waals surface area contributed by atoms with Crippen molar-refractivity contribution in [2.24, 2.45) is 0 Å². The van der Waals surface area contributed by atoms with Gasteiger partial charge >= 0.3 is 0 Å². The van der Waals surface area contributed by atoms with Gasteiger partial charge in [0.15, 0.2) is 23.1 Å². The lowest BCUT2D eigenvalue weighted by atomic mass is 10.1. The van der Waals surface area contributed by atoms with Crippen molar-refractivity contribution >= 4 is 54.5 Å². The summed E-state index contributed by atoms with van der Waals surface area (Å²) in [7, 11) is 0. The lowest BCUT2D eigenvalue weighted by Crippen LogP contribution is -2.00. The van der Waals surface area contributed by atoms with Crippen LogP contribution in [-0.2, 0) is 0 Å². The van der Waals surface area contributed by atoms with Crippen molar-refractivity contribution in [2.75, 3.05) is 0 Å². The average molecular weight is 725 g/mol. The van der Waals surface area contributed by atoms with E-state index in [2.05, 4.69) is 83.4 Å². The molecule has 0 radical (unpaired) electrons. The minimum atomic E-state index is 0.540. The van der Waals surface area contributed by atoms with E-state index in [4.69, 9.17) is 29.3 Å². The van der Waals surface area contributed by atoms with Crippen molar-refractivity contribution in [3.8, 4) is 61.9 Å². The summed E-state index contributed by atoms with van der Waals surface area (Å²) < 4.78 is 9.98. The molecule has 4 heterocycles. The Morgan fingerprint density at radius 1 is 0.418 bits per heavy atom. The molecule has 8 heteroatoms. The number of thiazole rings is 1. The number of hydrogen-bond donors (Lipinski definition) is 0. The highest BCUT2D eigenvalue weighted by molar-refractivity contribution is 7.21. The number of para-hydroxylation sites is 2. The second kappa shape index (κ2) is 12.7. The van der Waals surface area contributed by atoms with Gasteiger partial charge in [0.2, 0.25) is 5.89 Å². The van der Waals surface area contributed by atoms with Crippen LogP contribution in [0.15, 0.2) is 174 Å². The van der Waals surface area contributed by atoms with Crippen LogP contribution in [0, 0.1) is 0 Å². The first kappa shape index (κ1) is 31.3. The zero-order chi connectivity index (χ0) is 36.3. The minimum absolute atomic E-state index is 0.540. The molecule has 0 N–H and O–H groups in total. The first-order valence-electron chi connectivity index (χ1n) is 18.0. The van der Waals surface area contributed by atoms with Gasteiger partial charge in [-0.3, -0.25) is 0 Å². The van der Waals surface area contributed by atoms with Crippen LogP contribution in [-0.4, -0.2) is 29.5 Å². The molecule has 0 amide bonds. The quantitative estimate of drug-likeness (QED) is 0.170. The normalized spacial score (nSPS) is 11.6. The van der Waals surface area contributed by atoms with Crippen LogP contribution in [0.5, 0.6) is 0 Å². The Kier molecular flexibility index (Phi) is 7.21. The van der Waals surface area contributed by atoms with Gasteiger partial charge in [0.05, 0.1) is 21.3 Å². The molecule has 0 aliphatic heterocycles. The number of oxazole rings is 1. The van der Waals surface area contributed by atoms with Gasteiger partial charge < -0.3 is 8.98 Å². The van der Waals surface area contributed by atoms with Crippen molar-refractivity contribution in [1.82, 2.24) is 29.5 Å². The van der Waals surface area contributed by atoms with E-state index in [1.807, 2.05) is 91.0 Å². The number of nitrogens with zero attached hydrogens (tertiary/aromatic N) is 6. The molecule has 0 saturated carbocycles. The number of rotatable bonds is 6. The van der Waals surface area contributed by atoms with Crippen LogP contribution in [0.4, 0.5) is 0 Å². The Bertz CT molecular complexity index is 3130. The van der Waals surface area contributed by atoms with Crippen molar-refractivity contribution in [2.45, 2.75) is 0 Å². The third-order valence-electron chi connectivity index (χ3n) is 9.91. The standard InChI is InChI=1S/C47H28N6OS/c1-3-12-29(13-4-1)43-50-44(30-14-5-2-6-15-30)52-45(51-43)31-22-24-37-41(28-31)54-46(48-37)32-16-11-17-34(26-32)53-39-20-9-7-18-35(39)36-27-33(23-25-40(36)53)47-49-38-19-8-10-21-42(38)55-47/h1-28H. The van der Waals surface area contributed by atoms with E-state index in [9.17, 15) is 0 Å². The third kappa shape index (κ3) is 5.47. The van der Waals surface area contributed by atoms with Gasteiger partial charge in [0.1, 0.15) is 10.5 Å². The van der Waals surface area contributed by atoms with Crippen LogP contribution in [0.1, 0.15) is 0 Å². The van der Waals surface area contributed by atoms with Gasteiger partial charge in [0, 0.05) is 44.3 Å². The monoisotopic (exact) mass is 724 g/mol. The highest BCUT2D eigenvalue weighted by atomic mass is 32.1. The van der Waals surface area contributed by atoms with Gasteiger partial charge in [-0.25, -0.2) is 24.9 Å². The fourth-order valence-corrected chi connectivity index (χ4v) is 8.24. The molecule has 0 spiro atoms. The van der Waals surface area contributed by atoms with Crippen molar-refractivity contribution in [1.29, 1.82) is 0 Å².